The number of rotatable bonds is 3. The van der Waals surface area contributed by atoms with Gasteiger partial charge in [0.15, 0.2) is 5.82 Å². The molecule has 78 valence electrons. The zero-order chi connectivity index (χ0) is 10.7. The van der Waals surface area contributed by atoms with Crippen LogP contribution in [0, 0.1) is 0 Å². The van der Waals surface area contributed by atoms with Crippen molar-refractivity contribution in [2.75, 3.05) is 11.1 Å². The molecule has 0 amide bonds. The van der Waals surface area contributed by atoms with Crippen molar-refractivity contribution in [1.29, 1.82) is 0 Å². The molecule has 0 aliphatic rings. The molecule has 0 saturated heterocycles. The molecular weight excluding hydrogens is 216 g/mol. The van der Waals surface area contributed by atoms with Crippen molar-refractivity contribution < 1.29 is 4.52 Å². The van der Waals surface area contributed by atoms with Gasteiger partial charge in [0.25, 0.3) is 0 Å². The number of benzene rings is 1. The van der Waals surface area contributed by atoms with E-state index in [0.717, 1.165) is 5.69 Å². The molecule has 0 spiro atoms. The van der Waals surface area contributed by atoms with Gasteiger partial charge in [-0.15, -0.1) is 0 Å². The average Bonchev–Trinajstić information content (AvgIpc) is 2.69. The second-order valence-electron chi connectivity index (χ2n) is 2.93. The van der Waals surface area contributed by atoms with E-state index >= 15 is 0 Å². The molecule has 1 aromatic heterocycles. The number of halogens is 1. The Kier molecular flexibility index (Phi) is 2.73. The van der Waals surface area contributed by atoms with Crippen molar-refractivity contribution in [3.63, 3.8) is 0 Å². The van der Waals surface area contributed by atoms with Gasteiger partial charge in [0.05, 0.1) is 17.9 Å². The molecule has 6 heteroatoms. The zero-order valence-electron chi connectivity index (χ0n) is 7.77. The van der Waals surface area contributed by atoms with E-state index in [2.05, 4.69) is 20.0 Å². The van der Waals surface area contributed by atoms with Gasteiger partial charge in [-0.25, -0.2) is 0 Å². The van der Waals surface area contributed by atoms with Crippen LogP contribution in [0.3, 0.4) is 0 Å². The van der Waals surface area contributed by atoms with E-state index < -0.39 is 0 Å². The first kappa shape index (κ1) is 9.79. The summed E-state index contributed by atoms with van der Waals surface area (Å²) in [5, 5.41) is 7.35. The van der Waals surface area contributed by atoms with Crippen LogP contribution in [0.25, 0.3) is 0 Å². The average molecular weight is 225 g/mol. The first-order valence-electron chi connectivity index (χ1n) is 4.30. The molecule has 0 saturated carbocycles. The Morgan fingerprint density at radius 1 is 1.47 bits per heavy atom. The third-order valence-corrected chi connectivity index (χ3v) is 2.09. The Hall–Kier alpha value is -1.75. The van der Waals surface area contributed by atoms with Gasteiger partial charge in [-0.05, 0) is 18.2 Å². The Bertz CT molecular complexity index is 443. The number of hydrogen-bond donors (Lipinski definition) is 2. The smallest absolute Gasteiger partial charge is 0.213 e. The van der Waals surface area contributed by atoms with Gasteiger partial charge < -0.3 is 15.6 Å². The molecule has 0 radical (unpaired) electrons. The van der Waals surface area contributed by atoms with E-state index in [-0.39, 0.29) is 0 Å². The Morgan fingerprint density at radius 2 is 2.33 bits per heavy atom. The lowest BCUT2D eigenvalue weighted by molar-refractivity contribution is 0.411. The fraction of sp³-hybridized carbons (Fsp3) is 0.111. The van der Waals surface area contributed by atoms with Crippen LogP contribution in [0.5, 0.6) is 0 Å². The number of hydrogen-bond acceptors (Lipinski definition) is 5. The molecule has 3 N–H and O–H groups in total. The summed E-state index contributed by atoms with van der Waals surface area (Å²) in [5.74, 6) is 0.573. The highest BCUT2D eigenvalue weighted by atomic mass is 35.5. The van der Waals surface area contributed by atoms with Gasteiger partial charge in [-0.2, -0.15) is 4.98 Å². The molecule has 2 rings (SSSR count). The van der Waals surface area contributed by atoms with E-state index in [9.17, 15) is 0 Å². The van der Waals surface area contributed by atoms with Gasteiger partial charge in [0, 0.05) is 5.02 Å². The number of nitrogens with zero attached hydrogens (tertiary/aromatic N) is 2. The van der Waals surface area contributed by atoms with Crippen LogP contribution in [0.1, 0.15) is 5.82 Å². The maximum Gasteiger partial charge on any atom is 0.213 e. The van der Waals surface area contributed by atoms with E-state index in [4.69, 9.17) is 17.3 Å². The highest BCUT2D eigenvalue weighted by molar-refractivity contribution is 6.31. The maximum absolute atomic E-state index is 5.77. The van der Waals surface area contributed by atoms with E-state index in [0.29, 0.717) is 23.1 Å². The van der Waals surface area contributed by atoms with Crippen molar-refractivity contribution in [1.82, 2.24) is 10.1 Å². The summed E-state index contributed by atoms with van der Waals surface area (Å²) < 4.78 is 4.60. The monoisotopic (exact) mass is 224 g/mol. The molecule has 0 aliphatic heterocycles. The van der Waals surface area contributed by atoms with E-state index in [1.54, 1.807) is 18.2 Å². The van der Waals surface area contributed by atoms with Gasteiger partial charge in [0.1, 0.15) is 0 Å². The van der Waals surface area contributed by atoms with Crippen molar-refractivity contribution in [3.8, 4) is 0 Å². The molecule has 0 fully saturated rings. The third-order valence-electron chi connectivity index (χ3n) is 1.86. The molecule has 15 heavy (non-hydrogen) atoms. The Labute approximate surface area is 91.2 Å². The largest absolute Gasteiger partial charge is 0.397 e. The van der Waals surface area contributed by atoms with Crippen LogP contribution in [0.4, 0.5) is 11.4 Å². The summed E-state index contributed by atoms with van der Waals surface area (Å²) in [4.78, 5) is 3.87. The molecule has 2 aromatic rings. The van der Waals surface area contributed by atoms with Crippen LogP contribution in [-0.4, -0.2) is 10.1 Å². The molecule has 1 aromatic carbocycles. The second-order valence-corrected chi connectivity index (χ2v) is 3.37. The van der Waals surface area contributed by atoms with E-state index in [1.165, 1.54) is 6.39 Å². The van der Waals surface area contributed by atoms with E-state index in [1.807, 2.05) is 0 Å². The summed E-state index contributed by atoms with van der Waals surface area (Å²) in [5.41, 5.74) is 7.13. The molecule has 0 unspecified atom stereocenters. The number of aromatic nitrogens is 2. The first-order chi connectivity index (χ1) is 7.25. The second kappa shape index (κ2) is 4.18. The normalized spacial score (nSPS) is 10.2. The maximum atomic E-state index is 5.77. The van der Waals surface area contributed by atoms with Crippen molar-refractivity contribution in [2.24, 2.45) is 0 Å². The molecule has 0 bridgehead atoms. The number of nitrogen functional groups attached to an aromatic ring is 1. The van der Waals surface area contributed by atoms with Gasteiger partial charge >= 0.3 is 0 Å². The lowest BCUT2D eigenvalue weighted by Gasteiger charge is -2.06. The summed E-state index contributed by atoms with van der Waals surface area (Å²) >= 11 is 5.77. The minimum atomic E-state index is 0.461. The molecule has 1 heterocycles. The van der Waals surface area contributed by atoms with Crippen molar-refractivity contribution in [2.45, 2.75) is 6.54 Å². The summed E-state index contributed by atoms with van der Waals surface area (Å²) in [6.07, 6.45) is 1.28. The quantitative estimate of drug-likeness (QED) is 0.779. The number of anilines is 2. The van der Waals surface area contributed by atoms with Crippen LogP contribution in [0.15, 0.2) is 29.1 Å². The summed E-state index contributed by atoms with van der Waals surface area (Å²) in [7, 11) is 0. The minimum absolute atomic E-state index is 0.461. The SMILES string of the molecule is Nc1cc(Cl)ccc1NCc1ncon1. The molecule has 0 aliphatic carbocycles. The summed E-state index contributed by atoms with van der Waals surface area (Å²) in [6.45, 7) is 0.461. The fourth-order valence-corrected chi connectivity index (χ4v) is 1.32. The first-order valence-corrected chi connectivity index (χ1v) is 4.67. The van der Waals surface area contributed by atoms with Crippen LogP contribution < -0.4 is 11.1 Å². The Morgan fingerprint density at radius 3 is 3.00 bits per heavy atom. The standard InChI is InChI=1S/C9H9ClN4O/c10-6-1-2-8(7(11)3-6)12-4-9-13-5-15-14-9/h1-3,5,12H,4,11H2. The van der Waals surface area contributed by atoms with Gasteiger partial charge in [0.2, 0.25) is 6.39 Å². The van der Waals surface area contributed by atoms with Crippen LogP contribution >= 0.6 is 11.6 Å². The number of nitrogens with two attached hydrogens (primary N) is 1. The zero-order valence-corrected chi connectivity index (χ0v) is 8.53. The van der Waals surface area contributed by atoms with Gasteiger partial charge in [-0.3, -0.25) is 0 Å². The fourth-order valence-electron chi connectivity index (χ4n) is 1.14. The minimum Gasteiger partial charge on any atom is -0.397 e. The summed E-state index contributed by atoms with van der Waals surface area (Å²) in [6, 6.07) is 5.24. The van der Waals surface area contributed by atoms with Crippen molar-refractivity contribution in [3.05, 3.63) is 35.4 Å². The highest BCUT2D eigenvalue weighted by Crippen LogP contribution is 2.22. The third kappa shape index (κ3) is 2.38. The van der Waals surface area contributed by atoms with Gasteiger partial charge in [-0.1, -0.05) is 16.8 Å². The molecule has 0 atom stereocenters. The molecular formula is C9H9ClN4O. The predicted molar refractivity (Wildman–Crippen MR) is 57.5 cm³/mol. The van der Waals surface area contributed by atoms with Crippen molar-refractivity contribution >= 4 is 23.0 Å². The van der Waals surface area contributed by atoms with Crippen LogP contribution in [0.2, 0.25) is 5.02 Å². The Balaban J connectivity index is 2.05. The lowest BCUT2D eigenvalue weighted by atomic mass is 10.2. The number of nitrogens with one attached hydrogen (secondary N) is 1. The topological polar surface area (TPSA) is 77.0 Å². The predicted octanol–water partition coefficient (Wildman–Crippen LogP) is 1.92. The molecule has 5 nitrogen and oxygen atoms in total. The highest BCUT2D eigenvalue weighted by Gasteiger charge is 2.01. The van der Waals surface area contributed by atoms with Crippen LogP contribution in [-0.2, 0) is 6.54 Å². The lowest BCUT2D eigenvalue weighted by Crippen LogP contribution is -2.03.